The highest BCUT2D eigenvalue weighted by atomic mass is 16.1. The summed E-state index contributed by atoms with van der Waals surface area (Å²) in [4.78, 5) is 18.4. The van der Waals surface area contributed by atoms with Gasteiger partial charge in [0.05, 0.1) is 18.3 Å². The summed E-state index contributed by atoms with van der Waals surface area (Å²) < 4.78 is 0. The molecule has 5 nitrogen and oxygen atoms in total. The maximum Gasteiger partial charge on any atom is 0.229 e. The van der Waals surface area contributed by atoms with Crippen molar-refractivity contribution in [2.75, 3.05) is 37.8 Å². The molecule has 1 aromatic heterocycles. The van der Waals surface area contributed by atoms with Gasteiger partial charge in [0.15, 0.2) is 0 Å². The average molecular weight is 312 g/mol. The van der Waals surface area contributed by atoms with Gasteiger partial charge in [-0.05, 0) is 44.8 Å². The lowest BCUT2D eigenvalue weighted by Crippen LogP contribution is -2.17. The highest BCUT2D eigenvalue weighted by Crippen LogP contribution is 2.10. The Morgan fingerprint density at radius 3 is 2.57 bits per heavy atom. The van der Waals surface area contributed by atoms with Gasteiger partial charge in [-0.3, -0.25) is 4.79 Å². The van der Waals surface area contributed by atoms with Crippen molar-refractivity contribution < 1.29 is 4.79 Å². The monoisotopic (exact) mass is 312 g/mol. The Morgan fingerprint density at radius 2 is 1.91 bits per heavy atom. The number of carbonyl (C=O) groups is 1. The van der Waals surface area contributed by atoms with E-state index in [4.69, 9.17) is 0 Å². The molecular weight excluding hydrogens is 288 g/mol. The number of nitrogens with one attached hydrogen (secondary N) is 2. The summed E-state index contributed by atoms with van der Waals surface area (Å²) in [6, 6.07) is 13.4. The largest absolute Gasteiger partial charge is 0.384 e. The van der Waals surface area contributed by atoms with Crippen LogP contribution in [0, 0.1) is 0 Å². The van der Waals surface area contributed by atoms with Gasteiger partial charge >= 0.3 is 0 Å². The fraction of sp³-hybridized carbons (Fsp3) is 0.333. The van der Waals surface area contributed by atoms with Gasteiger partial charge in [-0.25, -0.2) is 4.98 Å². The van der Waals surface area contributed by atoms with Crippen molar-refractivity contribution in [2.24, 2.45) is 0 Å². The smallest absolute Gasteiger partial charge is 0.229 e. The third-order valence-corrected chi connectivity index (χ3v) is 3.35. The van der Waals surface area contributed by atoms with Crippen LogP contribution < -0.4 is 10.6 Å². The number of aromatic nitrogens is 1. The van der Waals surface area contributed by atoms with E-state index in [1.54, 1.807) is 6.20 Å². The number of carbonyl (C=O) groups excluding carboxylic acids is 1. The van der Waals surface area contributed by atoms with Crippen molar-refractivity contribution in [1.82, 2.24) is 9.88 Å². The first kappa shape index (κ1) is 17.0. The lowest BCUT2D eigenvalue weighted by molar-refractivity contribution is -0.115. The number of hydrogen-bond acceptors (Lipinski definition) is 4. The Balaban J connectivity index is 1.77. The fourth-order valence-corrected chi connectivity index (χ4v) is 2.17. The molecule has 122 valence electrons. The molecule has 2 N–H and O–H groups in total. The summed E-state index contributed by atoms with van der Waals surface area (Å²) in [7, 11) is 4.13. The lowest BCUT2D eigenvalue weighted by Gasteiger charge is -2.11. The zero-order valence-corrected chi connectivity index (χ0v) is 13.7. The van der Waals surface area contributed by atoms with Gasteiger partial charge in [-0.2, -0.15) is 0 Å². The van der Waals surface area contributed by atoms with Crippen LogP contribution in [0.25, 0.3) is 0 Å². The van der Waals surface area contributed by atoms with Crippen molar-refractivity contribution in [1.29, 1.82) is 0 Å². The number of anilines is 2. The van der Waals surface area contributed by atoms with Crippen LogP contribution in [-0.4, -0.2) is 43.0 Å². The summed E-state index contributed by atoms with van der Waals surface area (Å²) in [6.45, 7) is 1.95. The predicted octanol–water partition coefficient (Wildman–Crippen LogP) is 2.63. The summed E-state index contributed by atoms with van der Waals surface area (Å²) in [5.74, 6) is 0.514. The Hall–Kier alpha value is -2.40. The van der Waals surface area contributed by atoms with Crippen LogP contribution in [0.2, 0.25) is 0 Å². The highest BCUT2D eigenvalue weighted by Gasteiger charge is 2.04. The van der Waals surface area contributed by atoms with Gasteiger partial charge in [-0.15, -0.1) is 0 Å². The second kappa shape index (κ2) is 8.90. The van der Waals surface area contributed by atoms with Crippen LogP contribution in [0.5, 0.6) is 0 Å². The van der Waals surface area contributed by atoms with Crippen LogP contribution >= 0.6 is 0 Å². The summed E-state index contributed by atoms with van der Waals surface area (Å²) >= 11 is 0. The van der Waals surface area contributed by atoms with Crippen molar-refractivity contribution in [2.45, 2.75) is 12.8 Å². The number of amides is 1. The predicted molar refractivity (Wildman–Crippen MR) is 94.7 cm³/mol. The molecule has 2 aromatic rings. The summed E-state index contributed by atoms with van der Waals surface area (Å²) in [5.41, 5.74) is 1.95. The van der Waals surface area contributed by atoms with Crippen molar-refractivity contribution >= 4 is 17.4 Å². The zero-order valence-electron chi connectivity index (χ0n) is 13.7. The van der Waals surface area contributed by atoms with Crippen molar-refractivity contribution in [3.05, 3.63) is 54.2 Å². The Bertz CT molecular complexity index is 596. The number of rotatable bonds is 8. The highest BCUT2D eigenvalue weighted by molar-refractivity contribution is 5.91. The maximum atomic E-state index is 12.0. The van der Waals surface area contributed by atoms with Gasteiger partial charge in [0.25, 0.3) is 0 Å². The quantitative estimate of drug-likeness (QED) is 0.736. The van der Waals surface area contributed by atoms with E-state index in [0.717, 1.165) is 30.8 Å². The minimum atomic E-state index is -0.0598. The molecule has 0 saturated heterocycles. The van der Waals surface area contributed by atoms with Crippen LogP contribution in [0.15, 0.2) is 48.7 Å². The molecule has 0 atom stereocenters. The minimum Gasteiger partial charge on any atom is -0.384 e. The van der Waals surface area contributed by atoms with E-state index in [1.165, 1.54) is 0 Å². The Labute approximate surface area is 137 Å². The van der Waals surface area contributed by atoms with Crippen LogP contribution in [-0.2, 0) is 11.2 Å². The molecule has 0 radical (unpaired) electrons. The van der Waals surface area contributed by atoms with E-state index in [1.807, 2.05) is 42.5 Å². The molecule has 0 aliphatic carbocycles. The van der Waals surface area contributed by atoms with Gasteiger partial charge < -0.3 is 15.5 Å². The fourth-order valence-electron chi connectivity index (χ4n) is 2.17. The molecule has 1 amide bonds. The first-order valence-corrected chi connectivity index (χ1v) is 7.82. The van der Waals surface area contributed by atoms with Crippen LogP contribution in [0.1, 0.15) is 12.0 Å². The van der Waals surface area contributed by atoms with E-state index in [0.29, 0.717) is 12.2 Å². The molecule has 0 aliphatic heterocycles. The number of benzene rings is 1. The number of hydrogen-bond donors (Lipinski definition) is 2. The van der Waals surface area contributed by atoms with Crippen molar-refractivity contribution in [3.8, 4) is 0 Å². The average Bonchev–Trinajstić information content (AvgIpc) is 2.54. The van der Waals surface area contributed by atoms with E-state index in [2.05, 4.69) is 34.6 Å². The van der Waals surface area contributed by atoms with Crippen LogP contribution in [0.4, 0.5) is 11.5 Å². The molecule has 0 aliphatic rings. The normalized spacial score (nSPS) is 10.6. The molecular formula is C18H24N4O. The number of pyridine rings is 1. The molecule has 2 rings (SSSR count). The van der Waals surface area contributed by atoms with Gasteiger partial charge in [-0.1, -0.05) is 30.3 Å². The molecule has 0 fully saturated rings. The molecule has 23 heavy (non-hydrogen) atoms. The lowest BCUT2D eigenvalue weighted by atomic mass is 10.1. The molecule has 1 heterocycles. The third-order valence-electron chi connectivity index (χ3n) is 3.35. The minimum absolute atomic E-state index is 0.0598. The topological polar surface area (TPSA) is 57.3 Å². The Kier molecular flexibility index (Phi) is 6.56. The number of nitrogens with zero attached hydrogens (tertiary/aromatic N) is 2. The van der Waals surface area contributed by atoms with E-state index < -0.39 is 0 Å². The molecule has 0 spiro atoms. The molecule has 5 heteroatoms. The second-order valence-electron chi connectivity index (χ2n) is 5.73. The first-order chi connectivity index (χ1) is 11.1. The van der Waals surface area contributed by atoms with Crippen molar-refractivity contribution in [3.63, 3.8) is 0 Å². The van der Waals surface area contributed by atoms with Crippen LogP contribution in [0.3, 0.4) is 0 Å². The molecule has 0 saturated carbocycles. The SMILES string of the molecule is CN(C)CCCNc1ccc(NC(=O)Cc2ccccc2)nc1. The van der Waals surface area contributed by atoms with Gasteiger partial charge in [0.1, 0.15) is 5.82 Å². The Morgan fingerprint density at radius 1 is 1.13 bits per heavy atom. The van der Waals surface area contributed by atoms with Gasteiger partial charge in [0, 0.05) is 6.54 Å². The maximum absolute atomic E-state index is 12.0. The van der Waals surface area contributed by atoms with E-state index >= 15 is 0 Å². The van der Waals surface area contributed by atoms with E-state index in [-0.39, 0.29) is 5.91 Å². The first-order valence-electron chi connectivity index (χ1n) is 7.82. The summed E-state index contributed by atoms with van der Waals surface area (Å²) in [6.07, 6.45) is 3.17. The summed E-state index contributed by atoms with van der Waals surface area (Å²) in [5, 5.41) is 6.13. The molecule has 0 unspecified atom stereocenters. The standard InChI is InChI=1S/C18H24N4O/c1-22(2)12-6-11-19-16-9-10-17(20-14-16)21-18(23)13-15-7-4-3-5-8-15/h3-5,7-10,14,19H,6,11-13H2,1-2H3,(H,20,21,23). The molecule has 1 aromatic carbocycles. The van der Waals surface area contributed by atoms with E-state index in [9.17, 15) is 4.79 Å². The zero-order chi connectivity index (χ0) is 16.5. The second-order valence-corrected chi connectivity index (χ2v) is 5.73. The third kappa shape index (κ3) is 6.48. The van der Waals surface area contributed by atoms with Gasteiger partial charge in [0.2, 0.25) is 5.91 Å². The molecule has 0 bridgehead atoms.